The Hall–Kier alpha value is -1.06. The average molecular weight is 214 g/mol. The largest absolute Gasteiger partial charge is 0.368 e. The molecule has 0 spiro atoms. The molecule has 0 radical (unpaired) electrons. The molecule has 4 heteroatoms. The van der Waals surface area contributed by atoms with E-state index in [-0.39, 0.29) is 11.8 Å². The van der Waals surface area contributed by atoms with Gasteiger partial charge in [0, 0.05) is 13.5 Å². The Morgan fingerprint density at radius 1 is 1.20 bits per heavy atom. The predicted octanol–water partition coefficient (Wildman–Crippen LogP) is 1.00. The van der Waals surface area contributed by atoms with Gasteiger partial charge >= 0.3 is 0 Å². The SMILES string of the molecule is CC(C)CC(=O)N(C)[C@@H](C(N)=O)C(C)C. The van der Waals surface area contributed by atoms with E-state index < -0.39 is 11.9 Å². The second-order valence-corrected chi connectivity index (χ2v) is 4.69. The van der Waals surface area contributed by atoms with Crippen LogP contribution in [-0.2, 0) is 9.59 Å². The van der Waals surface area contributed by atoms with Crippen molar-refractivity contribution in [3.05, 3.63) is 0 Å². The molecular weight excluding hydrogens is 192 g/mol. The highest BCUT2D eigenvalue weighted by Gasteiger charge is 2.27. The summed E-state index contributed by atoms with van der Waals surface area (Å²) in [7, 11) is 1.64. The number of rotatable bonds is 5. The van der Waals surface area contributed by atoms with E-state index in [4.69, 9.17) is 5.73 Å². The molecule has 4 nitrogen and oxygen atoms in total. The van der Waals surface area contributed by atoms with Crippen LogP contribution in [0.25, 0.3) is 0 Å². The standard InChI is InChI=1S/C11H22N2O2/c1-7(2)6-9(14)13(5)10(8(3)4)11(12)15/h7-8,10H,6H2,1-5H3,(H2,12,15)/t10-/m1/s1. The highest BCUT2D eigenvalue weighted by molar-refractivity contribution is 5.86. The van der Waals surface area contributed by atoms with Gasteiger partial charge in [-0.05, 0) is 11.8 Å². The normalized spacial score (nSPS) is 13.0. The third kappa shape index (κ3) is 4.32. The smallest absolute Gasteiger partial charge is 0.240 e. The molecule has 0 unspecified atom stereocenters. The van der Waals surface area contributed by atoms with Gasteiger partial charge in [0.05, 0.1) is 0 Å². The van der Waals surface area contributed by atoms with Gasteiger partial charge in [-0.25, -0.2) is 0 Å². The van der Waals surface area contributed by atoms with E-state index in [2.05, 4.69) is 0 Å². The van der Waals surface area contributed by atoms with E-state index in [1.165, 1.54) is 4.90 Å². The van der Waals surface area contributed by atoms with Crippen LogP contribution in [0.1, 0.15) is 34.1 Å². The number of nitrogens with two attached hydrogens (primary N) is 1. The molecule has 2 N–H and O–H groups in total. The lowest BCUT2D eigenvalue weighted by molar-refractivity contribution is -0.139. The quantitative estimate of drug-likeness (QED) is 0.742. The van der Waals surface area contributed by atoms with Crippen LogP contribution >= 0.6 is 0 Å². The summed E-state index contributed by atoms with van der Waals surface area (Å²) in [5, 5.41) is 0. The van der Waals surface area contributed by atoms with Gasteiger partial charge in [-0.3, -0.25) is 9.59 Å². The molecule has 0 aromatic carbocycles. The topological polar surface area (TPSA) is 63.4 Å². The van der Waals surface area contributed by atoms with Crippen molar-refractivity contribution >= 4 is 11.8 Å². The maximum Gasteiger partial charge on any atom is 0.240 e. The van der Waals surface area contributed by atoms with Gasteiger partial charge in [0.25, 0.3) is 0 Å². The summed E-state index contributed by atoms with van der Waals surface area (Å²) in [5.41, 5.74) is 5.27. The van der Waals surface area contributed by atoms with E-state index in [1.807, 2.05) is 27.7 Å². The first-order chi connectivity index (χ1) is 6.77. The monoisotopic (exact) mass is 214 g/mol. The minimum Gasteiger partial charge on any atom is -0.368 e. The van der Waals surface area contributed by atoms with Crippen molar-refractivity contribution in [1.29, 1.82) is 0 Å². The van der Waals surface area contributed by atoms with Crippen molar-refractivity contribution in [3.63, 3.8) is 0 Å². The Kier molecular flexibility index (Phi) is 5.33. The minimum absolute atomic E-state index is 0.0255. The molecule has 15 heavy (non-hydrogen) atoms. The summed E-state index contributed by atoms with van der Waals surface area (Å²) in [6, 6.07) is -0.503. The maximum atomic E-state index is 11.7. The molecule has 88 valence electrons. The van der Waals surface area contributed by atoms with Gasteiger partial charge in [-0.1, -0.05) is 27.7 Å². The summed E-state index contributed by atoms with van der Waals surface area (Å²) in [5.74, 6) is -0.128. The number of carbonyl (C=O) groups is 2. The van der Waals surface area contributed by atoms with Gasteiger partial charge in [-0.2, -0.15) is 0 Å². The van der Waals surface area contributed by atoms with Crippen LogP contribution < -0.4 is 5.73 Å². The zero-order valence-electron chi connectivity index (χ0n) is 10.3. The molecule has 0 saturated carbocycles. The fourth-order valence-corrected chi connectivity index (χ4v) is 1.61. The van der Waals surface area contributed by atoms with Crippen molar-refractivity contribution in [2.45, 2.75) is 40.2 Å². The second kappa shape index (κ2) is 5.73. The van der Waals surface area contributed by atoms with Crippen LogP contribution in [-0.4, -0.2) is 29.8 Å². The molecule has 2 amide bonds. The van der Waals surface area contributed by atoms with E-state index in [9.17, 15) is 9.59 Å². The lowest BCUT2D eigenvalue weighted by atomic mass is 10.0. The number of carbonyl (C=O) groups excluding carboxylic acids is 2. The van der Waals surface area contributed by atoms with Crippen LogP contribution in [0.2, 0.25) is 0 Å². The first-order valence-electron chi connectivity index (χ1n) is 5.32. The Morgan fingerprint density at radius 3 is 1.93 bits per heavy atom. The molecule has 0 bridgehead atoms. The number of primary amides is 1. The van der Waals surface area contributed by atoms with Crippen molar-refractivity contribution < 1.29 is 9.59 Å². The molecule has 0 aliphatic heterocycles. The summed E-state index contributed by atoms with van der Waals surface area (Å²) in [6.07, 6.45) is 0.451. The number of hydrogen-bond acceptors (Lipinski definition) is 2. The minimum atomic E-state index is -0.503. The molecule has 0 aliphatic carbocycles. The molecule has 0 aliphatic rings. The van der Waals surface area contributed by atoms with Crippen LogP contribution in [0.15, 0.2) is 0 Å². The number of nitrogens with zero attached hydrogens (tertiary/aromatic N) is 1. The van der Waals surface area contributed by atoms with Crippen molar-refractivity contribution in [2.75, 3.05) is 7.05 Å². The van der Waals surface area contributed by atoms with Gasteiger partial charge in [0.2, 0.25) is 11.8 Å². The summed E-state index contributed by atoms with van der Waals surface area (Å²) in [4.78, 5) is 24.4. The number of hydrogen-bond donors (Lipinski definition) is 1. The van der Waals surface area contributed by atoms with Gasteiger partial charge in [0.15, 0.2) is 0 Å². The molecule has 0 rings (SSSR count). The van der Waals surface area contributed by atoms with Gasteiger partial charge < -0.3 is 10.6 Å². The highest BCUT2D eigenvalue weighted by Crippen LogP contribution is 2.12. The number of likely N-dealkylation sites (N-methyl/N-ethyl adjacent to an activating group) is 1. The van der Waals surface area contributed by atoms with Crippen molar-refractivity contribution in [1.82, 2.24) is 4.90 Å². The summed E-state index contributed by atoms with van der Waals surface area (Å²) < 4.78 is 0. The fraction of sp³-hybridized carbons (Fsp3) is 0.818. The van der Waals surface area contributed by atoms with Crippen molar-refractivity contribution in [3.8, 4) is 0 Å². The summed E-state index contributed by atoms with van der Waals surface area (Å²) in [6.45, 7) is 7.71. The molecule has 0 saturated heterocycles. The highest BCUT2D eigenvalue weighted by atomic mass is 16.2. The van der Waals surface area contributed by atoms with Crippen molar-refractivity contribution in [2.24, 2.45) is 17.6 Å². The maximum absolute atomic E-state index is 11.7. The third-order valence-corrected chi connectivity index (χ3v) is 2.32. The molecule has 1 atom stereocenters. The van der Waals surface area contributed by atoms with Gasteiger partial charge in [0.1, 0.15) is 6.04 Å². The molecule has 0 aromatic rings. The molecule has 0 fully saturated rings. The summed E-state index contributed by atoms with van der Waals surface area (Å²) >= 11 is 0. The molecule has 0 heterocycles. The van der Waals surface area contributed by atoms with E-state index in [0.717, 1.165) is 0 Å². The fourth-order valence-electron chi connectivity index (χ4n) is 1.61. The van der Waals surface area contributed by atoms with Crippen LogP contribution in [0.4, 0.5) is 0 Å². The van der Waals surface area contributed by atoms with E-state index in [1.54, 1.807) is 7.05 Å². The number of amides is 2. The van der Waals surface area contributed by atoms with Crippen LogP contribution in [0.3, 0.4) is 0 Å². The van der Waals surface area contributed by atoms with E-state index >= 15 is 0 Å². The van der Waals surface area contributed by atoms with Crippen LogP contribution in [0.5, 0.6) is 0 Å². The van der Waals surface area contributed by atoms with Crippen LogP contribution in [0, 0.1) is 11.8 Å². The Balaban J connectivity index is 4.57. The predicted molar refractivity (Wildman–Crippen MR) is 60.0 cm³/mol. The Morgan fingerprint density at radius 2 is 1.67 bits per heavy atom. The second-order valence-electron chi connectivity index (χ2n) is 4.69. The lowest BCUT2D eigenvalue weighted by Gasteiger charge is -2.29. The average Bonchev–Trinajstić information content (AvgIpc) is 2.00. The van der Waals surface area contributed by atoms with Gasteiger partial charge in [-0.15, -0.1) is 0 Å². The first-order valence-corrected chi connectivity index (χ1v) is 5.32. The third-order valence-electron chi connectivity index (χ3n) is 2.32. The Bertz CT molecular complexity index is 237. The Labute approximate surface area is 91.8 Å². The van der Waals surface area contributed by atoms with E-state index in [0.29, 0.717) is 12.3 Å². The zero-order chi connectivity index (χ0) is 12.2. The molecule has 0 aromatic heterocycles. The first kappa shape index (κ1) is 13.9. The zero-order valence-corrected chi connectivity index (χ0v) is 10.3. The lowest BCUT2D eigenvalue weighted by Crippen LogP contribution is -2.48. The molecular formula is C11H22N2O2.